The normalized spacial score (nSPS) is 14.0. The van der Waals surface area contributed by atoms with Crippen molar-refractivity contribution in [1.82, 2.24) is 10.6 Å². The minimum atomic E-state index is -1.24. The number of aliphatic carboxylic acids is 1. The maximum absolute atomic E-state index is 12.6. The van der Waals surface area contributed by atoms with Crippen molar-refractivity contribution in [2.75, 3.05) is 0 Å². The van der Waals surface area contributed by atoms with E-state index in [0.29, 0.717) is 5.92 Å². The number of carboxylic acids is 1. The van der Waals surface area contributed by atoms with Gasteiger partial charge in [-0.2, -0.15) is 0 Å². The van der Waals surface area contributed by atoms with Crippen molar-refractivity contribution in [1.29, 1.82) is 0 Å². The number of amides is 3. The van der Waals surface area contributed by atoms with Crippen LogP contribution in [0, 0.1) is 5.92 Å². The van der Waals surface area contributed by atoms with Gasteiger partial charge in [-0.3, -0.25) is 19.2 Å². The molecule has 5 N–H and O–H groups in total. The van der Waals surface area contributed by atoms with Gasteiger partial charge in [-0.1, -0.05) is 38.1 Å². The predicted molar refractivity (Wildman–Crippen MR) is 104 cm³/mol. The van der Waals surface area contributed by atoms with Crippen molar-refractivity contribution in [2.24, 2.45) is 11.7 Å². The van der Waals surface area contributed by atoms with Crippen LogP contribution >= 0.6 is 0 Å². The molecule has 0 saturated carbocycles. The summed E-state index contributed by atoms with van der Waals surface area (Å²) in [6.07, 6.45) is 0.507. The predicted octanol–water partition coefficient (Wildman–Crippen LogP) is 0.938. The van der Waals surface area contributed by atoms with E-state index in [1.807, 2.05) is 24.3 Å². The fourth-order valence-electron chi connectivity index (χ4n) is 2.65. The van der Waals surface area contributed by atoms with Crippen molar-refractivity contribution in [3.05, 3.63) is 35.4 Å². The Morgan fingerprint density at radius 1 is 0.964 bits per heavy atom. The Bertz CT molecular complexity index is 715. The lowest BCUT2D eigenvalue weighted by atomic mass is 9.96. The Morgan fingerprint density at radius 2 is 1.54 bits per heavy atom. The second-order valence-electron chi connectivity index (χ2n) is 7.36. The zero-order valence-electron chi connectivity index (χ0n) is 16.7. The molecule has 3 atom stereocenters. The van der Waals surface area contributed by atoms with Gasteiger partial charge in [-0.15, -0.1) is 0 Å². The zero-order chi connectivity index (χ0) is 21.4. The molecule has 0 aliphatic rings. The fraction of sp³-hybridized carbons (Fsp3) is 0.500. The molecular formula is C20H29N3O5. The van der Waals surface area contributed by atoms with Crippen LogP contribution in [0.25, 0.3) is 0 Å². The Hall–Kier alpha value is -2.90. The van der Waals surface area contributed by atoms with Crippen molar-refractivity contribution in [3.8, 4) is 0 Å². The van der Waals surface area contributed by atoms with Crippen LogP contribution in [0.5, 0.6) is 0 Å². The minimum Gasteiger partial charge on any atom is -0.480 e. The molecule has 1 aromatic carbocycles. The van der Waals surface area contributed by atoms with Gasteiger partial charge in [-0.25, -0.2) is 0 Å². The summed E-state index contributed by atoms with van der Waals surface area (Å²) in [5.41, 5.74) is 7.09. The summed E-state index contributed by atoms with van der Waals surface area (Å²) in [4.78, 5) is 47.0. The number of hydrogen-bond donors (Lipinski definition) is 4. The first kappa shape index (κ1) is 23.1. The Kier molecular flexibility index (Phi) is 8.63. The van der Waals surface area contributed by atoms with Gasteiger partial charge in [0, 0.05) is 0 Å². The van der Waals surface area contributed by atoms with Crippen LogP contribution in [-0.2, 0) is 25.6 Å². The summed E-state index contributed by atoms with van der Waals surface area (Å²) in [6, 6.07) is 5.23. The first-order valence-corrected chi connectivity index (χ1v) is 9.22. The number of primary amides is 1. The van der Waals surface area contributed by atoms with Crippen LogP contribution < -0.4 is 16.4 Å². The lowest BCUT2D eigenvalue weighted by Gasteiger charge is -2.21. The molecule has 3 amide bonds. The van der Waals surface area contributed by atoms with E-state index in [0.717, 1.165) is 12.0 Å². The molecular weight excluding hydrogens is 362 g/mol. The summed E-state index contributed by atoms with van der Waals surface area (Å²) in [7, 11) is 0. The summed E-state index contributed by atoms with van der Waals surface area (Å²) in [5.74, 6) is -3.29. The summed E-state index contributed by atoms with van der Waals surface area (Å²) >= 11 is 0. The van der Waals surface area contributed by atoms with Gasteiger partial charge in [0.05, 0.1) is 12.3 Å². The summed E-state index contributed by atoms with van der Waals surface area (Å²) in [6.45, 7) is 7.22. The first-order chi connectivity index (χ1) is 13.0. The Labute approximate surface area is 164 Å². The number of carbonyl (C=O) groups is 4. The van der Waals surface area contributed by atoms with E-state index in [9.17, 15) is 19.2 Å². The minimum absolute atomic E-state index is 0.427. The third-order valence-corrected chi connectivity index (χ3v) is 4.28. The van der Waals surface area contributed by atoms with Gasteiger partial charge in [-0.05, 0) is 37.3 Å². The molecule has 8 heteroatoms. The molecule has 8 nitrogen and oxygen atoms in total. The molecule has 0 aromatic heterocycles. The van der Waals surface area contributed by atoms with Crippen LogP contribution in [0.2, 0.25) is 0 Å². The van der Waals surface area contributed by atoms with Crippen LogP contribution in [-0.4, -0.2) is 40.9 Å². The summed E-state index contributed by atoms with van der Waals surface area (Å²) < 4.78 is 0. The molecule has 0 bridgehead atoms. The maximum Gasteiger partial charge on any atom is 0.325 e. The van der Waals surface area contributed by atoms with Gasteiger partial charge in [0.15, 0.2) is 0 Å². The molecule has 1 unspecified atom stereocenters. The smallest absolute Gasteiger partial charge is 0.325 e. The molecule has 0 spiro atoms. The quantitative estimate of drug-likeness (QED) is 0.470. The average molecular weight is 391 g/mol. The molecule has 0 aliphatic carbocycles. The molecule has 0 aliphatic heterocycles. The van der Waals surface area contributed by atoms with Crippen molar-refractivity contribution in [3.63, 3.8) is 0 Å². The number of carboxylic acid groups (broad SMARTS) is 1. The number of hydrogen-bond acceptors (Lipinski definition) is 4. The van der Waals surface area contributed by atoms with E-state index in [1.54, 1.807) is 6.92 Å². The maximum atomic E-state index is 12.6. The molecule has 0 fully saturated rings. The highest BCUT2D eigenvalue weighted by molar-refractivity contribution is 5.94. The van der Waals surface area contributed by atoms with Gasteiger partial charge in [0.1, 0.15) is 12.1 Å². The lowest BCUT2D eigenvalue weighted by Crippen LogP contribution is -2.52. The highest BCUT2D eigenvalue weighted by atomic mass is 16.4. The third kappa shape index (κ3) is 7.38. The number of benzene rings is 1. The van der Waals surface area contributed by atoms with E-state index >= 15 is 0 Å². The van der Waals surface area contributed by atoms with Crippen LogP contribution in [0.15, 0.2) is 24.3 Å². The largest absolute Gasteiger partial charge is 0.480 e. The second kappa shape index (κ2) is 10.4. The van der Waals surface area contributed by atoms with E-state index in [1.165, 1.54) is 12.5 Å². The zero-order valence-corrected chi connectivity index (χ0v) is 16.7. The topological polar surface area (TPSA) is 139 Å². The molecule has 28 heavy (non-hydrogen) atoms. The molecule has 154 valence electrons. The van der Waals surface area contributed by atoms with Crippen molar-refractivity contribution >= 4 is 23.7 Å². The first-order valence-electron chi connectivity index (χ1n) is 9.22. The molecule has 1 rings (SSSR count). The number of carbonyl (C=O) groups excluding carboxylic acids is 3. The summed E-state index contributed by atoms with van der Waals surface area (Å²) in [5, 5.41) is 13.6. The Balaban J connectivity index is 2.84. The van der Waals surface area contributed by atoms with E-state index in [4.69, 9.17) is 10.8 Å². The fourth-order valence-corrected chi connectivity index (χ4v) is 2.65. The Morgan fingerprint density at radius 3 is 2.00 bits per heavy atom. The van der Waals surface area contributed by atoms with E-state index in [-0.39, 0.29) is 0 Å². The molecule has 0 saturated heterocycles. The monoisotopic (exact) mass is 391 g/mol. The number of rotatable bonds is 10. The van der Waals surface area contributed by atoms with Gasteiger partial charge in [0.25, 0.3) is 0 Å². The van der Waals surface area contributed by atoms with Crippen molar-refractivity contribution < 1.29 is 24.3 Å². The number of nitrogens with two attached hydrogens (primary N) is 1. The van der Waals surface area contributed by atoms with Crippen LogP contribution in [0.1, 0.15) is 51.2 Å². The SMILES string of the molecule is CC(C)Cc1ccc(C(C)C(=O)N[C@H](CC(N)=O)C(=O)N[C@@H](C)C(=O)O)cc1. The third-order valence-electron chi connectivity index (χ3n) is 4.28. The van der Waals surface area contributed by atoms with Crippen LogP contribution in [0.4, 0.5) is 0 Å². The highest BCUT2D eigenvalue weighted by Gasteiger charge is 2.27. The van der Waals surface area contributed by atoms with Gasteiger partial charge in [0.2, 0.25) is 17.7 Å². The van der Waals surface area contributed by atoms with E-state index in [2.05, 4.69) is 24.5 Å². The van der Waals surface area contributed by atoms with E-state index < -0.39 is 48.1 Å². The average Bonchev–Trinajstić information content (AvgIpc) is 2.60. The second-order valence-corrected chi connectivity index (χ2v) is 7.36. The van der Waals surface area contributed by atoms with Gasteiger partial charge < -0.3 is 21.5 Å². The number of nitrogens with one attached hydrogen (secondary N) is 2. The van der Waals surface area contributed by atoms with Crippen molar-refractivity contribution in [2.45, 2.75) is 58.5 Å². The molecule has 0 radical (unpaired) electrons. The van der Waals surface area contributed by atoms with Crippen LogP contribution in [0.3, 0.4) is 0 Å². The van der Waals surface area contributed by atoms with Gasteiger partial charge >= 0.3 is 5.97 Å². The highest BCUT2D eigenvalue weighted by Crippen LogP contribution is 2.18. The standard InChI is InChI=1S/C20H29N3O5/c1-11(2)9-14-5-7-15(8-6-14)12(3)18(25)23-16(10-17(21)24)19(26)22-13(4)20(27)28/h5-8,11-13,16H,9-10H2,1-4H3,(H2,21,24)(H,22,26)(H,23,25)(H,27,28)/t12?,13-,16+/m0/s1. The lowest BCUT2D eigenvalue weighted by molar-refractivity contribution is -0.141. The molecule has 1 aromatic rings. The molecule has 0 heterocycles.